The molecule has 4 heteroatoms. The maximum atomic E-state index is 12.0. The van der Waals surface area contributed by atoms with Gasteiger partial charge in [0.25, 0.3) is 0 Å². The number of carbonyl (C=O) groups excluding carboxylic acids is 1. The Labute approximate surface area is 107 Å². The minimum atomic E-state index is -0.686. The van der Waals surface area contributed by atoms with Gasteiger partial charge in [0.2, 0.25) is 0 Å². The van der Waals surface area contributed by atoms with E-state index >= 15 is 0 Å². The topological polar surface area (TPSA) is 47.6 Å². The van der Waals surface area contributed by atoms with Gasteiger partial charge in [-0.1, -0.05) is 13.8 Å². The summed E-state index contributed by atoms with van der Waals surface area (Å²) in [7, 11) is 1.62. The Morgan fingerprint density at radius 3 is 2.67 bits per heavy atom. The van der Waals surface area contributed by atoms with Crippen LogP contribution < -0.4 is 14.8 Å². The van der Waals surface area contributed by atoms with E-state index in [0.717, 1.165) is 23.4 Å². The number of anilines is 1. The van der Waals surface area contributed by atoms with Crippen molar-refractivity contribution in [3.8, 4) is 11.5 Å². The van der Waals surface area contributed by atoms with E-state index in [1.807, 2.05) is 26.0 Å². The smallest absolute Gasteiger partial charge is 0.336 e. The largest absolute Gasteiger partial charge is 0.494 e. The van der Waals surface area contributed by atoms with E-state index in [1.165, 1.54) is 0 Å². The monoisotopic (exact) mass is 249 g/mol. The predicted octanol–water partition coefficient (Wildman–Crippen LogP) is 2.76. The van der Waals surface area contributed by atoms with Gasteiger partial charge in [-0.2, -0.15) is 0 Å². The summed E-state index contributed by atoms with van der Waals surface area (Å²) < 4.78 is 10.8. The summed E-state index contributed by atoms with van der Waals surface area (Å²) in [5, 5.41) is 3.24. The Balaban J connectivity index is 2.51. The lowest BCUT2D eigenvalue weighted by molar-refractivity contribution is -0.139. The van der Waals surface area contributed by atoms with Crippen molar-refractivity contribution in [1.82, 2.24) is 0 Å². The zero-order valence-corrected chi connectivity index (χ0v) is 11.3. The first-order chi connectivity index (χ1) is 8.54. The molecule has 1 aliphatic rings. The Morgan fingerprint density at radius 1 is 1.39 bits per heavy atom. The van der Waals surface area contributed by atoms with Gasteiger partial charge in [-0.15, -0.1) is 0 Å². The summed E-state index contributed by atoms with van der Waals surface area (Å²) in [4.78, 5) is 12.0. The molecule has 0 amide bonds. The Morgan fingerprint density at radius 2 is 2.11 bits per heavy atom. The molecule has 1 aromatic carbocycles. The second kappa shape index (κ2) is 4.52. The lowest BCUT2D eigenvalue weighted by Gasteiger charge is -2.34. The molecule has 1 aromatic rings. The molecule has 4 nitrogen and oxygen atoms in total. The maximum Gasteiger partial charge on any atom is 0.336 e. The van der Waals surface area contributed by atoms with Gasteiger partial charge in [0.1, 0.15) is 17.0 Å². The summed E-state index contributed by atoms with van der Waals surface area (Å²) in [6.45, 7) is 5.84. The molecular weight excluding hydrogens is 230 g/mol. The highest BCUT2D eigenvalue weighted by molar-refractivity contribution is 5.92. The predicted molar refractivity (Wildman–Crippen MR) is 70.3 cm³/mol. The zero-order chi connectivity index (χ0) is 13.3. The van der Waals surface area contributed by atoms with Gasteiger partial charge in [-0.3, -0.25) is 0 Å². The van der Waals surface area contributed by atoms with E-state index in [0.29, 0.717) is 12.2 Å². The minimum absolute atomic E-state index is 0.243. The molecular formula is C14H19NO3. The third-order valence-electron chi connectivity index (χ3n) is 3.52. The molecule has 0 saturated heterocycles. The first-order valence-corrected chi connectivity index (χ1v) is 6.25. The van der Waals surface area contributed by atoms with Crippen LogP contribution >= 0.6 is 0 Å². The lowest BCUT2D eigenvalue weighted by Crippen LogP contribution is -2.48. The maximum absolute atomic E-state index is 12.0. The van der Waals surface area contributed by atoms with Crippen LogP contribution in [-0.2, 0) is 11.2 Å². The van der Waals surface area contributed by atoms with Crippen molar-refractivity contribution in [2.75, 3.05) is 12.4 Å². The molecule has 0 bridgehead atoms. The number of hydrogen-bond donors (Lipinski definition) is 1. The summed E-state index contributed by atoms with van der Waals surface area (Å²) in [5.74, 6) is 1.03. The van der Waals surface area contributed by atoms with E-state index in [4.69, 9.17) is 9.47 Å². The molecule has 0 aliphatic carbocycles. The zero-order valence-electron chi connectivity index (χ0n) is 11.3. The summed E-state index contributed by atoms with van der Waals surface area (Å²) in [6, 6.07) is 3.86. The SMILES string of the molecule is CCc1cc(OC)c2c(c1)OC(=O)[C@](C)(CC)N2. The van der Waals surface area contributed by atoms with E-state index in [-0.39, 0.29) is 5.97 Å². The number of nitrogens with one attached hydrogen (secondary N) is 1. The molecule has 0 aromatic heterocycles. The number of ether oxygens (including phenoxy) is 2. The summed E-state index contributed by atoms with van der Waals surface area (Å²) >= 11 is 0. The quantitative estimate of drug-likeness (QED) is 0.661. The fourth-order valence-electron chi connectivity index (χ4n) is 1.99. The molecule has 1 atom stereocenters. The number of esters is 1. The van der Waals surface area contributed by atoms with Crippen LogP contribution in [0.15, 0.2) is 12.1 Å². The molecule has 1 N–H and O–H groups in total. The lowest BCUT2D eigenvalue weighted by atomic mass is 9.96. The van der Waals surface area contributed by atoms with Crippen molar-refractivity contribution in [3.63, 3.8) is 0 Å². The highest BCUT2D eigenvalue weighted by Crippen LogP contribution is 2.42. The number of fused-ring (bicyclic) bond motifs is 1. The fraction of sp³-hybridized carbons (Fsp3) is 0.500. The van der Waals surface area contributed by atoms with Crippen molar-refractivity contribution in [1.29, 1.82) is 0 Å². The number of carbonyl (C=O) groups is 1. The van der Waals surface area contributed by atoms with Crippen LogP contribution in [0.2, 0.25) is 0 Å². The van der Waals surface area contributed by atoms with Crippen molar-refractivity contribution in [2.24, 2.45) is 0 Å². The molecule has 1 aliphatic heterocycles. The number of rotatable bonds is 3. The normalized spacial score (nSPS) is 21.9. The average molecular weight is 249 g/mol. The van der Waals surface area contributed by atoms with Gasteiger partial charge >= 0.3 is 5.97 Å². The molecule has 98 valence electrons. The van der Waals surface area contributed by atoms with Crippen LogP contribution in [0.5, 0.6) is 11.5 Å². The second-order valence-electron chi connectivity index (χ2n) is 4.72. The molecule has 0 radical (unpaired) electrons. The molecule has 1 heterocycles. The first kappa shape index (κ1) is 12.7. The Hall–Kier alpha value is -1.71. The van der Waals surface area contributed by atoms with Gasteiger partial charge in [-0.05, 0) is 37.5 Å². The van der Waals surface area contributed by atoms with Crippen molar-refractivity contribution in [2.45, 2.75) is 39.2 Å². The molecule has 0 fully saturated rings. The Kier molecular flexibility index (Phi) is 3.20. The third kappa shape index (κ3) is 1.92. The summed E-state index contributed by atoms with van der Waals surface area (Å²) in [5.41, 5.74) is 1.16. The van der Waals surface area contributed by atoms with Gasteiger partial charge in [0.05, 0.1) is 7.11 Å². The van der Waals surface area contributed by atoms with E-state index in [2.05, 4.69) is 12.2 Å². The minimum Gasteiger partial charge on any atom is -0.494 e. The van der Waals surface area contributed by atoms with Crippen molar-refractivity contribution in [3.05, 3.63) is 17.7 Å². The molecule has 0 saturated carbocycles. The van der Waals surface area contributed by atoms with Crippen molar-refractivity contribution < 1.29 is 14.3 Å². The molecule has 18 heavy (non-hydrogen) atoms. The van der Waals surface area contributed by atoms with Crippen LogP contribution in [0.1, 0.15) is 32.8 Å². The van der Waals surface area contributed by atoms with E-state index in [1.54, 1.807) is 7.11 Å². The van der Waals surface area contributed by atoms with Gasteiger partial charge in [-0.25, -0.2) is 4.79 Å². The Bertz CT molecular complexity index is 484. The van der Waals surface area contributed by atoms with Gasteiger partial charge in [0.15, 0.2) is 5.75 Å². The second-order valence-corrected chi connectivity index (χ2v) is 4.72. The van der Waals surface area contributed by atoms with Crippen LogP contribution in [0.3, 0.4) is 0 Å². The van der Waals surface area contributed by atoms with Crippen LogP contribution in [0.25, 0.3) is 0 Å². The van der Waals surface area contributed by atoms with E-state index < -0.39 is 5.54 Å². The van der Waals surface area contributed by atoms with Crippen molar-refractivity contribution >= 4 is 11.7 Å². The highest BCUT2D eigenvalue weighted by Gasteiger charge is 2.39. The van der Waals surface area contributed by atoms with Crippen LogP contribution in [-0.4, -0.2) is 18.6 Å². The number of aryl methyl sites for hydroxylation is 1. The number of hydrogen-bond acceptors (Lipinski definition) is 4. The van der Waals surface area contributed by atoms with Crippen LogP contribution in [0, 0.1) is 0 Å². The average Bonchev–Trinajstić information content (AvgIpc) is 2.39. The van der Waals surface area contributed by atoms with Gasteiger partial charge in [0, 0.05) is 0 Å². The molecule has 2 rings (SSSR count). The van der Waals surface area contributed by atoms with Gasteiger partial charge < -0.3 is 14.8 Å². The number of benzene rings is 1. The first-order valence-electron chi connectivity index (χ1n) is 6.25. The molecule has 0 spiro atoms. The fourth-order valence-corrected chi connectivity index (χ4v) is 1.99. The standard InChI is InChI=1S/C14H19NO3/c1-5-9-7-10(17-4)12-11(8-9)18-13(16)14(3,6-2)15-12/h7-8,15H,5-6H2,1-4H3/t14-/m0/s1. The van der Waals surface area contributed by atoms with E-state index in [9.17, 15) is 4.79 Å². The third-order valence-corrected chi connectivity index (χ3v) is 3.52. The summed E-state index contributed by atoms with van der Waals surface area (Å²) in [6.07, 6.45) is 1.52. The number of methoxy groups -OCH3 is 1. The molecule has 0 unspecified atom stereocenters. The highest BCUT2D eigenvalue weighted by atomic mass is 16.5. The van der Waals surface area contributed by atoms with Crippen LogP contribution in [0.4, 0.5) is 5.69 Å².